The van der Waals surface area contributed by atoms with E-state index in [1.807, 2.05) is 48.7 Å². The maximum absolute atomic E-state index is 4.62. The first-order valence-corrected chi connectivity index (χ1v) is 7.82. The van der Waals surface area contributed by atoms with Gasteiger partial charge in [0.1, 0.15) is 0 Å². The minimum absolute atomic E-state index is 0.765. The van der Waals surface area contributed by atoms with Crippen molar-refractivity contribution < 1.29 is 0 Å². The highest BCUT2D eigenvalue weighted by Crippen LogP contribution is 2.22. The molecule has 0 spiro atoms. The van der Waals surface area contributed by atoms with Gasteiger partial charge >= 0.3 is 0 Å². The third-order valence-electron chi connectivity index (χ3n) is 3.28. The first kappa shape index (κ1) is 14.0. The van der Waals surface area contributed by atoms with E-state index in [0.717, 1.165) is 40.0 Å². The van der Waals surface area contributed by atoms with Crippen LogP contribution in [0.5, 0.6) is 0 Å². The Kier molecular flexibility index (Phi) is 4.15. The Labute approximate surface area is 132 Å². The Morgan fingerprint density at radius 1 is 1.14 bits per heavy atom. The lowest BCUT2D eigenvalue weighted by molar-refractivity contribution is 0.701. The van der Waals surface area contributed by atoms with Crippen molar-refractivity contribution in [1.82, 2.24) is 9.55 Å². The highest BCUT2D eigenvalue weighted by atomic mass is 79.9. The number of aryl methyl sites for hydroxylation is 1. The van der Waals surface area contributed by atoms with Crippen LogP contribution in [0.3, 0.4) is 0 Å². The molecule has 2 aromatic carbocycles. The zero-order valence-electron chi connectivity index (χ0n) is 11.8. The Morgan fingerprint density at radius 3 is 2.67 bits per heavy atom. The third kappa shape index (κ3) is 3.05. The van der Waals surface area contributed by atoms with E-state index in [0.29, 0.717) is 0 Å². The maximum Gasteiger partial charge on any atom is 0.230 e. The highest BCUT2D eigenvalue weighted by Gasteiger charge is 2.07. The molecular weight excluding hydrogens is 326 g/mol. The molecule has 3 aromatic rings. The summed E-state index contributed by atoms with van der Waals surface area (Å²) in [5.41, 5.74) is 3.20. The van der Waals surface area contributed by atoms with Gasteiger partial charge in [0.05, 0.1) is 11.0 Å². The lowest BCUT2D eigenvalue weighted by atomic mass is 10.2. The van der Waals surface area contributed by atoms with E-state index in [-0.39, 0.29) is 0 Å². The van der Waals surface area contributed by atoms with E-state index in [1.165, 1.54) is 0 Å². The number of fused-ring (bicyclic) bond motifs is 1. The van der Waals surface area contributed by atoms with Crippen molar-refractivity contribution in [3.05, 3.63) is 58.6 Å². The van der Waals surface area contributed by atoms with Crippen molar-refractivity contribution in [2.45, 2.75) is 19.9 Å². The van der Waals surface area contributed by atoms with Gasteiger partial charge in [0, 0.05) is 17.2 Å². The number of rotatable bonds is 4. The van der Waals surface area contributed by atoms with Crippen LogP contribution in [0.1, 0.15) is 18.9 Å². The number of nitrogens with zero attached hydrogens (tertiary/aromatic N) is 3. The first-order valence-electron chi connectivity index (χ1n) is 7.03. The molecule has 0 N–H and O–H groups in total. The second-order valence-electron chi connectivity index (χ2n) is 4.86. The maximum atomic E-state index is 4.62. The summed E-state index contributed by atoms with van der Waals surface area (Å²) in [5, 5.41) is 0. The zero-order chi connectivity index (χ0) is 14.7. The van der Waals surface area contributed by atoms with Crippen molar-refractivity contribution >= 4 is 39.1 Å². The van der Waals surface area contributed by atoms with E-state index >= 15 is 0 Å². The molecule has 0 bridgehead atoms. The molecule has 0 unspecified atom stereocenters. The fourth-order valence-corrected chi connectivity index (χ4v) is 2.55. The monoisotopic (exact) mass is 341 g/mol. The van der Waals surface area contributed by atoms with E-state index in [4.69, 9.17) is 0 Å². The Hall–Kier alpha value is -1.94. The quantitative estimate of drug-likeness (QED) is 0.617. The normalized spacial score (nSPS) is 11.5. The minimum Gasteiger partial charge on any atom is -0.308 e. The van der Waals surface area contributed by atoms with Crippen LogP contribution in [-0.2, 0) is 6.54 Å². The van der Waals surface area contributed by atoms with Crippen LogP contribution in [0.4, 0.5) is 5.95 Å². The van der Waals surface area contributed by atoms with Gasteiger partial charge in [-0.05, 0) is 36.2 Å². The average molecular weight is 342 g/mol. The van der Waals surface area contributed by atoms with E-state index < -0.39 is 0 Å². The zero-order valence-corrected chi connectivity index (χ0v) is 13.4. The summed E-state index contributed by atoms with van der Waals surface area (Å²) >= 11 is 3.44. The Balaban J connectivity index is 1.99. The molecule has 0 radical (unpaired) electrons. The summed E-state index contributed by atoms with van der Waals surface area (Å²) in [7, 11) is 0. The number of imidazole rings is 1. The molecule has 3 rings (SSSR count). The number of aliphatic imine (C=N–C) groups is 1. The summed E-state index contributed by atoms with van der Waals surface area (Å²) in [6, 6.07) is 16.2. The summed E-state index contributed by atoms with van der Waals surface area (Å²) in [6.45, 7) is 3.09. The predicted molar refractivity (Wildman–Crippen MR) is 91.4 cm³/mol. The van der Waals surface area contributed by atoms with Crippen molar-refractivity contribution in [1.29, 1.82) is 0 Å². The lowest BCUT2D eigenvalue weighted by Gasteiger charge is -2.03. The molecule has 0 amide bonds. The fraction of sp³-hybridized carbons (Fsp3) is 0.176. The SMILES string of the molecule is CCCn1c(/N=C/c2ccc(Br)cc2)nc2ccccc21. The van der Waals surface area contributed by atoms with Crippen LogP contribution >= 0.6 is 15.9 Å². The van der Waals surface area contributed by atoms with Crippen LogP contribution in [0.15, 0.2) is 58.0 Å². The number of hydrogen-bond donors (Lipinski definition) is 0. The third-order valence-corrected chi connectivity index (χ3v) is 3.81. The second kappa shape index (κ2) is 6.22. The first-order chi connectivity index (χ1) is 10.3. The number of hydrogen-bond acceptors (Lipinski definition) is 2. The van der Waals surface area contributed by atoms with E-state index in [9.17, 15) is 0 Å². The van der Waals surface area contributed by atoms with Gasteiger partial charge in [-0.15, -0.1) is 0 Å². The fourth-order valence-electron chi connectivity index (χ4n) is 2.29. The number of halogens is 1. The number of aromatic nitrogens is 2. The number of para-hydroxylation sites is 2. The smallest absolute Gasteiger partial charge is 0.230 e. The molecule has 0 saturated carbocycles. The molecule has 0 aliphatic heterocycles. The summed E-state index contributed by atoms with van der Waals surface area (Å²) in [6.07, 6.45) is 2.92. The van der Waals surface area contributed by atoms with E-state index in [1.54, 1.807) is 0 Å². The van der Waals surface area contributed by atoms with Crippen molar-refractivity contribution in [2.75, 3.05) is 0 Å². The van der Waals surface area contributed by atoms with Crippen molar-refractivity contribution in [2.24, 2.45) is 4.99 Å². The molecule has 1 heterocycles. The van der Waals surface area contributed by atoms with Gasteiger partial charge in [0.25, 0.3) is 0 Å². The molecule has 0 saturated heterocycles. The van der Waals surface area contributed by atoms with Crippen LogP contribution in [-0.4, -0.2) is 15.8 Å². The lowest BCUT2D eigenvalue weighted by Crippen LogP contribution is -1.96. The molecule has 0 aliphatic rings. The van der Waals surface area contributed by atoms with Gasteiger partial charge in [0.2, 0.25) is 5.95 Å². The number of benzene rings is 2. The molecule has 1 aromatic heterocycles. The summed E-state index contributed by atoms with van der Waals surface area (Å²) in [5.74, 6) is 0.765. The molecule has 21 heavy (non-hydrogen) atoms. The van der Waals surface area contributed by atoms with Gasteiger partial charge in [-0.3, -0.25) is 0 Å². The molecule has 3 nitrogen and oxygen atoms in total. The molecular formula is C17H16BrN3. The van der Waals surface area contributed by atoms with Crippen LogP contribution < -0.4 is 0 Å². The molecule has 4 heteroatoms. The predicted octanol–water partition coefficient (Wildman–Crippen LogP) is 4.96. The summed E-state index contributed by atoms with van der Waals surface area (Å²) < 4.78 is 3.24. The topological polar surface area (TPSA) is 30.2 Å². The second-order valence-corrected chi connectivity index (χ2v) is 5.78. The van der Waals surface area contributed by atoms with Gasteiger partial charge in [-0.1, -0.05) is 47.1 Å². The Bertz CT molecular complexity index is 772. The molecule has 0 aliphatic carbocycles. The average Bonchev–Trinajstić information content (AvgIpc) is 2.85. The largest absolute Gasteiger partial charge is 0.308 e. The molecule has 106 valence electrons. The molecule has 0 atom stereocenters. The van der Waals surface area contributed by atoms with Gasteiger partial charge in [0.15, 0.2) is 0 Å². The summed E-state index contributed by atoms with van der Waals surface area (Å²) in [4.78, 5) is 9.19. The molecule has 0 fully saturated rings. The van der Waals surface area contributed by atoms with Gasteiger partial charge in [-0.25, -0.2) is 9.98 Å². The standard InChI is InChI=1S/C17H16BrN3/c1-2-11-21-16-6-4-3-5-15(16)20-17(21)19-12-13-7-9-14(18)10-8-13/h3-10,12H,2,11H2,1H3/b19-12+. The van der Waals surface area contributed by atoms with Crippen LogP contribution in [0.25, 0.3) is 11.0 Å². The van der Waals surface area contributed by atoms with Crippen molar-refractivity contribution in [3.63, 3.8) is 0 Å². The Morgan fingerprint density at radius 2 is 1.90 bits per heavy atom. The van der Waals surface area contributed by atoms with Gasteiger partial charge in [-0.2, -0.15) is 0 Å². The van der Waals surface area contributed by atoms with Crippen LogP contribution in [0, 0.1) is 0 Å². The van der Waals surface area contributed by atoms with Crippen molar-refractivity contribution in [3.8, 4) is 0 Å². The minimum atomic E-state index is 0.765. The van der Waals surface area contributed by atoms with Gasteiger partial charge < -0.3 is 4.57 Å². The highest BCUT2D eigenvalue weighted by molar-refractivity contribution is 9.10. The van der Waals surface area contributed by atoms with E-state index in [2.05, 4.69) is 43.5 Å². The van der Waals surface area contributed by atoms with Crippen LogP contribution in [0.2, 0.25) is 0 Å².